The van der Waals surface area contributed by atoms with Crippen molar-refractivity contribution in [1.29, 1.82) is 0 Å². The lowest BCUT2D eigenvalue weighted by Crippen LogP contribution is -2.08. The number of nitrogens with zero attached hydrogens (tertiary/aromatic N) is 1. The van der Waals surface area contributed by atoms with Crippen molar-refractivity contribution < 1.29 is 33.3 Å². The molecule has 0 aliphatic heterocycles. The first kappa shape index (κ1) is 39.1. The number of fused-ring (bicyclic) bond motifs is 3. The monoisotopic (exact) mass is 733 g/mol. The first-order chi connectivity index (χ1) is 26.0. The summed E-state index contributed by atoms with van der Waals surface area (Å²) in [4.78, 5) is 41.8. The lowest BCUT2D eigenvalue weighted by Gasteiger charge is -2.12. The largest absolute Gasteiger partial charge is 0.494 e. The molecule has 1 heterocycles. The molecule has 0 bridgehead atoms. The van der Waals surface area contributed by atoms with E-state index in [9.17, 15) is 14.4 Å². The van der Waals surface area contributed by atoms with Gasteiger partial charge in [0, 0.05) is 33.7 Å². The zero-order chi connectivity index (χ0) is 37.3. The van der Waals surface area contributed by atoms with Crippen molar-refractivity contribution in [1.82, 2.24) is 4.98 Å². The van der Waals surface area contributed by atoms with Gasteiger partial charge in [0.15, 0.2) is 0 Å². The Morgan fingerprint density at radius 1 is 0.698 bits per heavy atom. The topological polar surface area (TPSA) is 101 Å². The van der Waals surface area contributed by atoms with Gasteiger partial charge < -0.3 is 18.9 Å². The summed E-state index contributed by atoms with van der Waals surface area (Å²) in [5.41, 5.74) is 2.70. The van der Waals surface area contributed by atoms with Gasteiger partial charge in [0.1, 0.15) is 22.8 Å². The number of aromatic nitrogens is 1. The van der Waals surface area contributed by atoms with Gasteiger partial charge in [0.2, 0.25) is 0 Å². The van der Waals surface area contributed by atoms with E-state index in [1.54, 1.807) is 18.2 Å². The standard InChI is InChI=1S/C44H47NO7S/c1-3-5-6-9-25-50-36-18-20-37(21-19-36)53-43-40-29-33(31-46)14-22-38(40)39-23-15-34(30-41(39)45-43)44(48)52-28-24-32-12-16-35(17-13-32)49-26-10-7-8-11-27-51-42(47)4-2/h4,12-23,29-31H,2-3,5-11,24-28H2,1H3. The molecule has 0 spiro atoms. The second-order valence-electron chi connectivity index (χ2n) is 12.7. The maximum Gasteiger partial charge on any atom is 0.338 e. The average molecular weight is 734 g/mol. The predicted molar refractivity (Wildman–Crippen MR) is 210 cm³/mol. The van der Waals surface area contributed by atoms with Crippen LogP contribution in [0.4, 0.5) is 0 Å². The summed E-state index contributed by atoms with van der Waals surface area (Å²) in [6, 6.07) is 26.8. The van der Waals surface area contributed by atoms with Crippen molar-refractivity contribution in [3.8, 4) is 11.5 Å². The third-order valence-electron chi connectivity index (χ3n) is 8.73. The molecule has 53 heavy (non-hydrogen) atoms. The number of hydrogen-bond donors (Lipinski definition) is 0. The molecule has 0 fully saturated rings. The summed E-state index contributed by atoms with van der Waals surface area (Å²) in [7, 11) is 0. The molecule has 0 atom stereocenters. The van der Waals surface area contributed by atoms with Crippen molar-refractivity contribution in [3.63, 3.8) is 0 Å². The SMILES string of the molecule is C=CC(=O)OCCCCCCOc1ccc(CCOC(=O)c2ccc3c(c2)nc(Sc2ccc(OCCCCCC)cc2)c2cc(C=O)ccc23)cc1. The van der Waals surface area contributed by atoms with E-state index in [0.29, 0.717) is 42.9 Å². The Bertz CT molecular complexity index is 1980. The molecule has 0 radical (unpaired) electrons. The normalized spacial score (nSPS) is 11.0. The van der Waals surface area contributed by atoms with Crippen molar-refractivity contribution in [2.45, 2.75) is 74.6 Å². The third kappa shape index (κ3) is 11.9. The number of unbranched alkanes of at least 4 members (excludes halogenated alkanes) is 6. The predicted octanol–water partition coefficient (Wildman–Crippen LogP) is 10.4. The number of aldehydes is 1. The zero-order valence-corrected chi connectivity index (χ0v) is 31.2. The van der Waals surface area contributed by atoms with E-state index in [2.05, 4.69) is 13.5 Å². The van der Waals surface area contributed by atoms with Crippen molar-refractivity contribution >= 4 is 51.7 Å². The molecule has 9 heteroatoms. The number of carbonyl (C=O) groups excluding carboxylic acids is 3. The number of benzene rings is 4. The van der Waals surface area contributed by atoms with Crippen LogP contribution in [-0.2, 0) is 20.7 Å². The van der Waals surface area contributed by atoms with Gasteiger partial charge in [-0.3, -0.25) is 4.79 Å². The average Bonchev–Trinajstić information content (AvgIpc) is 3.19. The maximum absolute atomic E-state index is 13.1. The fourth-order valence-corrected chi connectivity index (χ4v) is 6.70. The highest BCUT2D eigenvalue weighted by Gasteiger charge is 2.15. The smallest absolute Gasteiger partial charge is 0.338 e. The van der Waals surface area contributed by atoms with Crippen molar-refractivity contribution in [3.05, 3.63) is 114 Å². The lowest BCUT2D eigenvalue weighted by molar-refractivity contribution is -0.137. The van der Waals surface area contributed by atoms with Gasteiger partial charge >= 0.3 is 11.9 Å². The Morgan fingerprint density at radius 2 is 1.36 bits per heavy atom. The first-order valence-electron chi connectivity index (χ1n) is 18.4. The Hall–Kier alpha value is -5.15. The van der Waals surface area contributed by atoms with E-state index in [0.717, 1.165) is 81.5 Å². The lowest BCUT2D eigenvalue weighted by atomic mass is 10.0. The second-order valence-corrected chi connectivity index (χ2v) is 13.8. The van der Waals surface area contributed by atoms with Crippen molar-refractivity contribution in [2.24, 2.45) is 0 Å². The summed E-state index contributed by atoms with van der Waals surface area (Å²) in [6.07, 6.45) is 10.9. The first-order valence-corrected chi connectivity index (χ1v) is 19.2. The molecule has 0 aliphatic rings. The number of esters is 2. The minimum absolute atomic E-state index is 0.234. The minimum Gasteiger partial charge on any atom is -0.494 e. The summed E-state index contributed by atoms with van der Waals surface area (Å²) >= 11 is 1.51. The van der Waals surface area contributed by atoms with Crippen LogP contribution in [0.15, 0.2) is 108 Å². The van der Waals surface area contributed by atoms with E-state index in [-0.39, 0.29) is 12.6 Å². The molecule has 276 valence electrons. The van der Waals surface area contributed by atoms with Gasteiger partial charge in [-0.05, 0) is 97.7 Å². The van der Waals surface area contributed by atoms with Crippen LogP contribution in [0.5, 0.6) is 11.5 Å². The molecule has 0 N–H and O–H groups in total. The molecular weight excluding hydrogens is 687 g/mol. The summed E-state index contributed by atoms with van der Waals surface area (Å²) in [5, 5.41) is 3.45. The van der Waals surface area contributed by atoms with Gasteiger partial charge in [-0.15, -0.1) is 0 Å². The van der Waals surface area contributed by atoms with E-state index in [1.165, 1.54) is 37.1 Å². The summed E-state index contributed by atoms with van der Waals surface area (Å²) in [6.45, 7) is 7.54. The Morgan fingerprint density at radius 3 is 2.04 bits per heavy atom. The molecule has 5 aromatic rings. The molecular formula is C44H47NO7S. The molecule has 8 nitrogen and oxygen atoms in total. The highest BCUT2D eigenvalue weighted by Crippen LogP contribution is 2.37. The second kappa shape index (κ2) is 20.8. The van der Waals surface area contributed by atoms with Crippen LogP contribution >= 0.6 is 11.8 Å². The highest BCUT2D eigenvalue weighted by atomic mass is 32.2. The van der Waals surface area contributed by atoms with Crippen LogP contribution < -0.4 is 9.47 Å². The molecule has 1 aromatic heterocycles. The quantitative estimate of drug-likeness (QED) is 0.0226. The van der Waals surface area contributed by atoms with Crippen molar-refractivity contribution in [2.75, 3.05) is 26.4 Å². The van der Waals surface area contributed by atoms with Crippen LogP contribution in [0, 0.1) is 0 Å². The van der Waals surface area contributed by atoms with Gasteiger partial charge in [-0.1, -0.05) is 74.9 Å². The van der Waals surface area contributed by atoms with Crippen LogP contribution in [-0.4, -0.2) is 49.6 Å². The number of pyridine rings is 1. The molecule has 5 rings (SSSR count). The summed E-state index contributed by atoms with van der Waals surface area (Å²) in [5.74, 6) is 0.829. The fourth-order valence-electron chi connectivity index (χ4n) is 5.78. The van der Waals surface area contributed by atoms with Gasteiger partial charge in [0.05, 0.1) is 37.5 Å². The number of carbonyl (C=O) groups is 3. The van der Waals surface area contributed by atoms with E-state index >= 15 is 0 Å². The molecule has 0 amide bonds. The molecule has 0 unspecified atom stereocenters. The molecule has 4 aromatic carbocycles. The molecule has 0 aliphatic carbocycles. The molecule has 0 saturated heterocycles. The Kier molecular flexibility index (Phi) is 15.3. The summed E-state index contributed by atoms with van der Waals surface area (Å²) < 4.78 is 22.4. The van der Waals surface area contributed by atoms with Gasteiger partial charge in [0.25, 0.3) is 0 Å². The van der Waals surface area contributed by atoms with Crippen LogP contribution in [0.1, 0.15) is 84.6 Å². The highest BCUT2D eigenvalue weighted by molar-refractivity contribution is 7.99. The fraction of sp³-hybridized carbons (Fsp3) is 0.318. The van der Waals surface area contributed by atoms with E-state index in [1.807, 2.05) is 66.7 Å². The van der Waals surface area contributed by atoms with Crippen LogP contribution in [0.2, 0.25) is 0 Å². The van der Waals surface area contributed by atoms with Gasteiger partial charge in [-0.25, -0.2) is 14.6 Å². The number of hydrogen-bond acceptors (Lipinski definition) is 9. The minimum atomic E-state index is -0.414. The van der Waals surface area contributed by atoms with Crippen LogP contribution in [0.25, 0.3) is 21.7 Å². The zero-order valence-electron chi connectivity index (χ0n) is 30.4. The Balaban J connectivity index is 1.15. The van der Waals surface area contributed by atoms with Crippen LogP contribution in [0.3, 0.4) is 0 Å². The van der Waals surface area contributed by atoms with E-state index in [4.69, 9.17) is 23.9 Å². The molecule has 0 saturated carbocycles. The number of ether oxygens (including phenoxy) is 4. The van der Waals surface area contributed by atoms with E-state index < -0.39 is 5.97 Å². The van der Waals surface area contributed by atoms with Gasteiger partial charge in [-0.2, -0.15) is 0 Å². The Labute approximate surface area is 315 Å². The third-order valence-corrected chi connectivity index (χ3v) is 9.74. The maximum atomic E-state index is 13.1. The number of rotatable bonds is 22.